The van der Waals surface area contributed by atoms with Crippen LogP contribution in [0.15, 0.2) is 59.5 Å². The fraction of sp³-hybridized carbons (Fsp3) is 0.182. The second kappa shape index (κ2) is 11.4. The molecule has 3 rings (SSSR count). The summed E-state index contributed by atoms with van der Waals surface area (Å²) in [5, 5.41) is 2.27. The van der Waals surface area contributed by atoms with Gasteiger partial charge in [-0.15, -0.1) is 0 Å². The minimum atomic E-state index is -5.96. The molecule has 1 heterocycles. The molecule has 204 valence electrons. The van der Waals surface area contributed by atoms with Crippen molar-refractivity contribution in [2.24, 2.45) is 0 Å². The summed E-state index contributed by atoms with van der Waals surface area (Å²) in [6, 6.07) is 6.24. The number of hydrogen-bond donors (Lipinski definition) is 3. The molecular formula is C22H17F6N2O7P. The van der Waals surface area contributed by atoms with Crippen LogP contribution < -0.4 is 20.3 Å². The summed E-state index contributed by atoms with van der Waals surface area (Å²) in [7, 11) is -1.61. The summed E-state index contributed by atoms with van der Waals surface area (Å²) in [4.78, 5) is 42.6. The van der Waals surface area contributed by atoms with E-state index in [1.54, 1.807) is 0 Å². The maximum absolute atomic E-state index is 14.0. The van der Waals surface area contributed by atoms with Crippen LogP contribution in [0.5, 0.6) is 17.2 Å². The number of methoxy groups -OCH3 is 1. The molecule has 0 bridgehead atoms. The van der Waals surface area contributed by atoms with Crippen LogP contribution in [0.25, 0.3) is 0 Å². The summed E-state index contributed by atoms with van der Waals surface area (Å²) in [6.45, 7) is -0.516. The summed E-state index contributed by atoms with van der Waals surface area (Å²) in [6.07, 6.45) is -4.83. The van der Waals surface area contributed by atoms with Crippen LogP contribution in [0.4, 0.5) is 32.0 Å². The Morgan fingerprint density at radius 2 is 1.71 bits per heavy atom. The predicted octanol–water partition coefficient (Wildman–Crippen LogP) is 4.88. The van der Waals surface area contributed by atoms with Crippen molar-refractivity contribution in [3.8, 4) is 17.2 Å². The first-order chi connectivity index (χ1) is 17.7. The number of ether oxygens (including phenoxy) is 2. The Balaban J connectivity index is 2.00. The number of carbonyl (C=O) groups is 1. The van der Waals surface area contributed by atoms with Gasteiger partial charge in [-0.1, -0.05) is 6.07 Å². The van der Waals surface area contributed by atoms with E-state index < -0.39 is 61.6 Å². The SMILES string of the molecule is COc1cc(F)ccc1Oc1cc(C(F)(F)C(F)(F)F)ccc1C(=O)Nc1ccn(COP(O)O)c(=O)c1. The summed E-state index contributed by atoms with van der Waals surface area (Å²) < 4.78 is 96.2. The van der Waals surface area contributed by atoms with E-state index in [1.807, 2.05) is 0 Å². The molecule has 0 saturated heterocycles. The van der Waals surface area contributed by atoms with Crippen LogP contribution >= 0.6 is 8.60 Å². The molecule has 0 saturated carbocycles. The first kappa shape index (κ1) is 28.9. The van der Waals surface area contributed by atoms with Crippen molar-refractivity contribution in [2.45, 2.75) is 18.8 Å². The van der Waals surface area contributed by atoms with Crippen molar-refractivity contribution in [2.75, 3.05) is 12.4 Å². The number of carbonyl (C=O) groups excluding carboxylic acids is 1. The van der Waals surface area contributed by atoms with Crippen LogP contribution in [0.1, 0.15) is 15.9 Å². The lowest BCUT2D eigenvalue weighted by Crippen LogP contribution is -2.33. The molecule has 0 unspecified atom stereocenters. The Morgan fingerprint density at radius 3 is 2.32 bits per heavy atom. The van der Waals surface area contributed by atoms with E-state index in [2.05, 4.69) is 9.84 Å². The molecule has 2 aromatic carbocycles. The number of anilines is 1. The molecule has 3 N–H and O–H groups in total. The van der Waals surface area contributed by atoms with Gasteiger partial charge in [0.1, 0.15) is 18.3 Å². The second-order valence-corrected chi connectivity index (χ2v) is 8.13. The zero-order valence-electron chi connectivity index (χ0n) is 19.0. The Morgan fingerprint density at radius 1 is 1.00 bits per heavy atom. The first-order valence-corrected chi connectivity index (χ1v) is 11.3. The summed E-state index contributed by atoms with van der Waals surface area (Å²) in [5.41, 5.74) is -2.90. The molecule has 1 amide bonds. The molecule has 38 heavy (non-hydrogen) atoms. The third-order valence-electron chi connectivity index (χ3n) is 4.86. The Kier molecular flexibility index (Phi) is 8.67. The lowest BCUT2D eigenvalue weighted by atomic mass is 10.0. The Hall–Kier alpha value is -3.65. The number of nitrogens with zero attached hydrogens (tertiary/aromatic N) is 1. The fourth-order valence-corrected chi connectivity index (χ4v) is 3.23. The number of nitrogens with one attached hydrogen (secondary N) is 1. The van der Waals surface area contributed by atoms with Gasteiger partial charge in [0.2, 0.25) is 0 Å². The molecule has 0 spiro atoms. The molecule has 0 atom stereocenters. The van der Waals surface area contributed by atoms with E-state index in [0.717, 1.165) is 42.1 Å². The van der Waals surface area contributed by atoms with E-state index in [4.69, 9.17) is 19.3 Å². The minimum absolute atomic E-state index is 0.110. The van der Waals surface area contributed by atoms with Gasteiger partial charge < -0.3 is 24.6 Å². The van der Waals surface area contributed by atoms with E-state index in [1.165, 1.54) is 6.07 Å². The zero-order valence-corrected chi connectivity index (χ0v) is 19.9. The van der Waals surface area contributed by atoms with E-state index in [0.29, 0.717) is 18.2 Å². The normalized spacial score (nSPS) is 11.9. The van der Waals surface area contributed by atoms with E-state index in [-0.39, 0.29) is 17.2 Å². The highest BCUT2D eigenvalue weighted by atomic mass is 31.2. The highest BCUT2D eigenvalue weighted by molar-refractivity contribution is 7.39. The van der Waals surface area contributed by atoms with Crippen molar-refractivity contribution >= 4 is 20.2 Å². The number of pyridine rings is 1. The fourth-order valence-electron chi connectivity index (χ4n) is 3.00. The number of aromatic nitrogens is 1. The Bertz CT molecular complexity index is 1380. The molecule has 0 aliphatic heterocycles. The lowest BCUT2D eigenvalue weighted by Gasteiger charge is -2.21. The van der Waals surface area contributed by atoms with Gasteiger partial charge in [0.25, 0.3) is 11.5 Å². The number of benzene rings is 2. The van der Waals surface area contributed by atoms with Crippen molar-refractivity contribution in [3.05, 3.63) is 82.0 Å². The molecule has 9 nitrogen and oxygen atoms in total. The van der Waals surface area contributed by atoms with Gasteiger partial charge in [-0.2, -0.15) is 22.0 Å². The highest BCUT2D eigenvalue weighted by Crippen LogP contribution is 2.45. The smallest absolute Gasteiger partial charge is 0.458 e. The maximum Gasteiger partial charge on any atom is 0.458 e. The molecular weight excluding hydrogens is 549 g/mol. The van der Waals surface area contributed by atoms with Crippen LogP contribution in [0, 0.1) is 5.82 Å². The molecule has 0 fully saturated rings. The molecule has 16 heteroatoms. The van der Waals surface area contributed by atoms with Gasteiger partial charge in [-0.3, -0.25) is 18.7 Å². The van der Waals surface area contributed by atoms with Gasteiger partial charge in [0.05, 0.1) is 12.7 Å². The maximum atomic E-state index is 14.0. The van der Waals surface area contributed by atoms with Gasteiger partial charge in [-0.25, -0.2) is 4.39 Å². The molecule has 1 aromatic heterocycles. The van der Waals surface area contributed by atoms with Gasteiger partial charge in [0, 0.05) is 29.6 Å². The number of hydrogen-bond acceptors (Lipinski definition) is 7. The third kappa shape index (κ3) is 6.61. The second-order valence-electron chi connectivity index (χ2n) is 7.37. The molecule has 3 aromatic rings. The molecule has 0 aliphatic carbocycles. The van der Waals surface area contributed by atoms with Crippen molar-refractivity contribution in [1.82, 2.24) is 4.57 Å². The topological polar surface area (TPSA) is 119 Å². The van der Waals surface area contributed by atoms with Crippen LogP contribution in [-0.2, 0) is 17.2 Å². The van der Waals surface area contributed by atoms with Gasteiger partial charge in [0.15, 0.2) is 11.5 Å². The van der Waals surface area contributed by atoms with Crippen LogP contribution in [0.2, 0.25) is 0 Å². The zero-order chi connectivity index (χ0) is 28.3. The third-order valence-corrected chi connectivity index (χ3v) is 5.20. The monoisotopic (exact) mass is 566 g/mol. The van der Waals surface area contributed by atoms with Crippen LogP contribution in [0.3, 0.4) is 0 Å². The lowest BCUT2D eigenvalue weighted by molar-refractivity contribution is -0.289. The van der Waals surface area contributed by atoms with Gasteiger partial charge >= 0.3 is 20.7 Å². The average molecular weight is 566 g/mol. The summed E-state index contributed by atoms with van der Waals surface area (Å²) in [5.74, 6) is -8.43. The minimum Gasteiger partial charge on any atom is -0.493 e. The number of halogens is 6. The van der Waals surface area contributed by atoms with Gasteiger partial charge in [-0.05, 0) is 30.3 Å². The molecule has 0 radical (unpaired) electrons. The predicted molar refractivity (Wildman–Crippen MR) is 121 cm³/mol. The summed E-state index contributed by atoms with van der Waals surface area (Å²) >= 11 is 0. The average Bonchev–Trinajstić information content (AvgIpc) is 2.83. The van der Waals surface area contributed by atoms with E-state index in [9.17, 15) is 35.9 Å². The van der Waals surface area contributed by atoms with Crippen molar-refractivity contribution in [1.29, 1.82) is 0 Å². The standard InChI is InChI=1S/C22H17F6N2O7P/c1-35-18-9-13(23)3-5-16(18)37-17-8-12(21(24,25)22(26,27)28)2-4-15(17)20(32)29-14-6-7-30(19(31)10-14)11-36-38(33)34/h2-10,33-34H,11H2,1H3,(H,29,32). The van der Waals surface area contributed by atoms with E-state index >= 15 is 0 Å². The van der Waals surface area contributed by atoms with Crippen LogP contribution in [-0.4, -0.2) is 33.5 Å². The van der Waals surface area contributed by atoms with Crippen molar-refractivity contribution in [3.63, 3.8) is 0 Å². The first-order valence-electron chi connectivity index (χ1n) is 10.2. The number of alkyl halides is 5. The van der Waals surface area contributed by atoms with Crippen molar-refractivity contribution < 1.29 is 54.9 Å². The molecule has 0 aliphatic rings. The Labute approximate surface area is 210 Å². The number of rotatable bonds is 9. The number of amides is 1. The highest BCUT2D eigenvalue weighted by Gasteiger charge is 2.58. The largest absolute Gasteiger partial charge is 0.493 e. The quantitative estimate of drug-likeness (QED) is 0.250.